The van der Waals surface area contributed by atoms with Crippen molar-refractivity contribution in [1.29, 1.82) is 0 Å². The topological polar surface area (TPSA) is 49.7 Å². The molecule has 0 amide bonds. The van der Waals surface area contributed by atoms with Gasteiger partial charge in [-0.15, -0.1) is 0 Å². The van der Waals surface area contributed by atoms with E-state index in [1.54, 1.807) is 0 Å². The highest BCUT2D eigenvalue weighted by Gasteiger charge is 2.08. The summed E-state index contributed by atoms with van der Waals surface area (Å²) in [5.41, 5.74) is 0.475. The Morgan fingerprint density at radius 3 is 2.23 bits per heavy atom. The molecule has 0 saturated carbocycles. The molecule has 0 fully saturated rings. The number of benzene rings is 1. The van der Waals surface area contributed by atoms with Crippen LogP contribution in [0.25, 0.3) is 0 Å². The molecular formula is C9H11BrO3. The molecule has 0 aliphatic rings. The van der Waals surface area contributed by atoms with Gasteiger partial charge in [0.2, 0.25) is 0 Å². The molecule has 0 atom stereocenters. The smallest absolute Gasteiger partial charge is 0.127 e. The van der Waals surface area contributed by atoms with Gasteiger partial charge < -0.3 is 14.9 Å². The molecule has 1 aromatic rings. The van der Waals surface area contributed by atoms with Crippen molar-refractivity contribution in [3.8, 4) is 17.2 Å². The molecule has 1 aromatic carbocycles. The number of rotatable bonds is 3. The van der Waals surface area contributed by atoms with Gasteiger partial charge in [0, 0.05) is 23.0 Å². The van der Waals surface area contributed by atoms with Crippen LogP contribution in [0.15, 0.2) is 12.1 Å². The zero-order chi connectivity index (χ0) is 9.84. The minimum atomic E-state index is 0.0420. The van der Waals surface area contributed by atoms with Gasteiger partial charge in [0.25, 0.3) is 0 Å². The predicted molar refractivity (Wildman–Crippen MR) is 53.6 cm³/mol. The minimum absolute atomic E-state index is 0.0420. The van der Waals surface area contributed by atoms with Crippen LogP contribution in [0.3, 0.4) is 0 Å². The molecular weight excluding hydrogens is 236 g/mol. The van der Waals surface area contributed by atoms with E-state index in [4.69, 9.17) is 4.74 Å². The summed E-state index contributed by atoms with van der Waals surface area (Å²) >= 11 is 3.16. The summed E-state index contributed by atoms with van der Waals surface area (Å²) in [5, 5.41) is 19.3. The van der Waals surface area contributed by atoms with Crippen molar-refractivity contribution in [2.75, 3.05) is 6.61 Å². The average Bonchev–Trinajstić information content (AvgIpc) is 2.04. The first-order valence-electron chi connectivity index (χ1n) is 3.92. The highest BCUT2D eigenvalue weighted by molar-refractivity contribution is 9.08. The summed E-state index contributed by atoms with van der Waals surface area (Å²) in [4.78, 5) is 0. The molecule has 0 aliphatic heterocycles. The first-order valence-corrected chi connectivity index (χ1v) is 5.04. The highest BCUT2D eigenvalue weighted by atomic mass is 79.9. The van der Waals surface area contributed by atoms with Gasteiger partial charge in [0.05, 0.1) is 6.61 Å². The van der Waals surface area contributed by atoms with E-state index in [9.17, 15) is 10.2 Å². The van der Waals surface area contributed by atoms with Gasteiger partial charge >= 0.3 is 0 Å². The second-order valence-electron chi connectivity index (χ2n) is 2.51. The van der Waals surface area contributed by atoms with E-state index in [2.05, 4.69) is 15.9 Å². The van der Waals surface area contributed by atoms with Gasteiger partial charge in [-0.25, -0.2) is 0 Å². The molecule has 2 N–H and O–H groups in total. The van der Waals surface area contributed by atoms with Gasteiger partial charge in [-0.05, 0) is 6.92 Å². The van der Waals surface area contributed by atoms with Crippen molar-refractivity contribution in [2.24, 2.45) is 0 Å². The zero-order valence-corrected chi connectivity index (χ0v) is 8.84. The lowest BCUT2D eigenvalue weighted by Gasteiger charge is -2.08. The molecule has 0 saturated heterocycles. The van der Waals surface area contributed by atoms with E-state index in [0.29, 0.717) is 23.2 Å². The quantitative estimate of drug-likeness (QED) is 0.806. The monoisotopic (exact) mass is 246 g/mol. The Labute approximate surface area is 85.1 Å². The largest absolute Gasteiger partial charge is 0.507 e. The first-order chi connectivity index (χ1) is 6.19. The molecule has 0 heterocycles. The Bertz CT molecular complexity index is 276. The third-order valence-corrected chi connectivity index (χ3v) is 2.18. The van der Waals surface area contributed by atoms with E-state index in [-0.39, 0.29) is 11.5 Å². The summed E-state index contributed by atoms with van der Waals surface area (Å²) in [6.07, 6.45) is 0. The van der Waals surface area contributed by atoms with Crippen LogP contribution >= 0.6 is 15.9 Å². The number of hydrogen-bond donors (Lipinski definition) is 2. The van der Waals surface area contributed by atoms with Crippen LogP contribution in [0.1, 0.15) is 12.5 Å². The second-order valence-corrected chi connectivity index (χ2v) is 3.07. The fraction of sp³-hybridized carbons (Fsp3) is 0.333. The van der Waals surface area contributed by atoms with Crippen molar-refractivity contribution in [3.63, 3.8) is 0 Å². The summed E-state index contributed by atoms with van der Waals surface area (Å²) in [6, 6.07) is 2.97. The maximum atomic E-state index is 9.43. The SMILES string of the molecule is CCOc1cc(O)c(CBr)c(O)c1. The summed E-state index contributed by atoms with van der Waals surface area (Å²) < 4.78 is 5.13. The van der Waals surface area contributed by atoms with Crippen LogP contribution in [-0.2, 0) is 5.33 Å². The molecule has 72 valence electrons. The molecule has 0 spiro atoms. The number of hydrogen-bond acceptors (Lipinski definition) is 3. The van der Waals surface area contributed by atoms with E-state index >= 15 is 0 Å². The third-order valence-electron chi connectivity index (χ3n) is 1.62. The molecule has 13 heavy (non-hydrogen) atoms. The van der Waals surface area contributed by atoms with Crippen molar-refractivity contribution in [3.05, 3.63) is 17.7 Å². The second kappa shape index (κ2) is 4.37. The summed E-state index contributed by atoms with van der Waals surface area (Å²) in [7, 11) is 0. The van der Waals surface area contributed by atoms with E-state index < -0.39 is 0 Å². The summed E-state index contributed by atoms with van der Waals surface area (Å²) in [5.74, 6) is 0.558. The molecule has 0 aliphatic carbocycles. The standard InChI is InChI=1S/C9H11BrO3/c1-2-13-6-3-8(11)7(5-10)9(12)4-6/h3-4,11-12H,2,5H2,1H3. The normalized spacial score (nSPS) is 10.0. The molecule has 1 rings (SSSR count). The Morgan fingerprint density at radius 1 is 1.31 bits per heavy atom. The van der Waals surface area contributed by atoms with E-state index in [1.807, 2.05) is 6.92 Å². The lowest BCUT2D eigenvalue weighted by Crippen LogP contribution is -1.92. The van der Waals surface area contributed by atoms with Gasteiger partial charge in [-0.3, -0.25) is 0 Å². The predicted octanol–water partition coefficient (Wildman–Crippen LogP) is 2.39. The minimum Gasteiger partial charge on any atom is -0.507 e. The maximum Gasteiger partial charge on any atom is 0.127 e. The fourth-order valence-corrected chi connectivity index (χ4v) is 1.58. The molecule has 0 radical (unpaired) electrons. The molecule has 0 bridgehead atoms. The third kappa shape index (κ3) is 2.28. The van der Waals surface area contributed by atoms with Crippen molar-refractivity contribution in [2.45, 2.75) is 12.3 Å². The molecule has 3 nitrogen and oxygen atoms in total. The van der Waals surface area contributed by atoms with Crippen LogP contribution in [0, 0.1) is 0 Å². The van der Waals surface area contributed by atoms with Crippen molar-refractivity contribution in [1.82, 2.24) is 0 Å². The molecule has 0 unspecified atom stereocenters. The number of phenols is 2. The molecule has 0 aromatic heterocycles. The number of phenolic OH excluding ortho intramolecular Hbond substituents is 2. The van der Waals surface area contributed by atoms with Gasteiger partial charge in [-0.1, -0.05) is 15.9 Å². The summed E-state index contributed by atoms with van der Waals surface area (Å²) in [6.45, 7) is 2.35. The first kappa shape index (κ1) is 10.2. The Morgan fingerprint density at radius 2 is 1.85 bits per heavy atom. The van der Waals surface area contributed by atoms with Crippen LogP contribution in [-0.4, -0.2) is 16.8 Å². The Balaban J connectivity index is 3.05. The Hall–Kier alpha value is -0.900. The number of halogens is 1. The fourth-order valence-electron chi connectivity index (χ4n) is 1.00. The number of ether oxygens (including phenoxy) is 1. The van der Waals surface area contributed by atoms with E-state index in [1.165, 1.54) is 12.1 Å². The number of alkyl halides is 1. The van der Waals surface area contributed by atoms with E-state index in [0.717, 1.165) is 0 Å². The lowest BCUT2D eigenvalue weighted by molar-refractivity contribution is 0.334. The van der Waals surface area contributed by atoms with Crippen LogP contribution in [0.4, 0.5) is 0 Å². The van der Waals surface area contributed by atoms with Crippen LogP contribution in [0.5, 0.6) is 17.2 Å². The Kier molecular flexibility index (Phi) is 3.42. The van der Waals surface area contributed by atoms with Crippen molar-refractivity contribution >= 4 is 15.9 Å². The van der Waals surface area contributed by atoms with Crippen molar-refractivity contribution < 1.29 is 14.9 Å². The highest BCUT2D eigenvalue weighted by Crippen LogP contribution is 2.33. The zero-order valence-electron chi connectivity index (χ0n) is 7.25. The van der Waals surface area contributed by atoms with Gasteiger partial charge in [-0.2, -0.15) is 0 Å². The lowest BCUT2D eigenvalue weighted by atomic mass is 10.2. The number of aromatic hydroxyl groups is 2. The molecule has 4 heteroatoms. The van der Waals surface area contributed by atoms with Crippen LogP contribution < -0.4 is 4.74 Å². The van der Waals surface area contributed by atoms with Crippen LogP contribution in [0.2, 0.25) is 0 Å². The van der Waals surface area contributed by atoms with Gasteiger partial charge in [0.15, 0.2) is 0 Å². The average molecular weight is 247 g/mol. The van der Waals surface area contributed by atoms with Gasteiger partial charge in [0.1, 0.15) is 17.2 Å². The maximum absolute atomic E-state index is 9.43.